The van der Waals surface area contributed by atoms with Crippen molar-refractivity contribution in [3.8, 4) is 0 Å². The Bertz CT molecular complexity index is 1080. The van der Waals surface area contributed by atoms with Crippen molar-refractivity contribution >= 4 is 23.9 Å². The van der Waals surface area contributed by atoms with Crippen LogP contribution in [0.25, 0.3) is 0 Å². The first kappa shape index (κ1) is 36.3. The maximum atomic E-state index is 11.8. The average molecular weight is 585 g/mol. The van der Waals surface area contributed by atoms with Crippen LogP contribution in [0.4, 0.5) is 0 Å². The highest BCUT2D eigenvalue weighted by Gasteiger charge is 2.11. The number of benzene rings is 2. The average Bonchev–Trinajstić information content (AvgIpc) is 3.00. The van der Waals surface area contributed by atoms with Crippen LogP contribution in [0, 0.1) is 0 Å². The van der Waals surface area contributed by atoms with Crippen molar-refractivity contribution in [3.05, 3.63) is 70.8 Å². The highest BCUT2D eigenvalue weighted by Crippen LogP contribution is 2.11. The van der Waals surface area contributed by atoms with E-state index < -0.39 is 23.9 Å². The molecule has 0 radical (unpaired) electrons. The van der Waals surface area contributed by atoms with Gasteiger partial charge >= 0.3 is 23.9 Å². The summed E-state index contributed by atoms with van der Waals surface area (Å²) in [4.78, 5) is 45.2. The minimum atomic E-state index is -1.05. The molecular weight excluding hydrogens is 536 g/mol. The third-order valence-electron chi connectivity index (χ3n) is 6.65. The summed E-state index contributed by atoms with van der Waals surface area (Å²) in [5.41, 5.74) is 0.774. The summed E-state index contributed by atoms with van der Waals surface area (Å²) in [7, 11) is 0. The van der Waals surface area contributed by atoms with E-state index >= 15 is 0 Å². The molecule has 0 amide bonds. The fraction of sp³-hybridized carbons (Fsp3) is 0.529. The molecule has 0 atom stereocenters. The summed E-state index contributed by atoms with van der Waals surface area (Å²) >= 11 is 0. The normalized spacial score (nSPS) is 10.3. The van der Waals surface area contributed by atoms with Gasteiger partial charge in [-0.15, -0.1) is 0 Å². The number of carboxylic acid groups (broad SMARTS) is 2. The van der Waals surface area contributed by atoms with E-state index in [1.165, 1.54) is 88.5 Å². The van der Waals surface area contributed by atoms with E-state index in [4.69, 9.17) is 19.7 Å². The van der Waals surface area contributed by atoms with Crippen molar-refractivity contribution in [1.82, 2.24) is 0 Å². The van der Waals surface area contributed by atoms with Crippen molar-refractivity contribution in [2.24, 2.45) is 0 Å². The lowest BCUT2D eigenvalue weighted by Gasteiger charge is -2.05. The van der Waals surface area contributed by atoms with Gasteiger partial charge in [0.05, 0.1) is 35.5 Å². The van der Waals surface area contributed by atoms with Crippen LogP contribution in [0.15, 0.2) is 48.5 Å². The molecule has 2 aromatic rings. The molecule has 0 aliphatic carbocycles. The van der Waals surface area contributed by atoms with Crippen LogP contribution in [-0.4, -0.2) is 47.3 Å². The van der Waals surface area contributed by atoms with Gasteiger partial charge in [-0.05, 0) is 49.2 Å². The molecule has 0 saturated carbocycles. The van der Waals surface area contributed by atoms with Gasteiger partial charge in [0.15, 0.2) is 0 Å². The minimum Gasteiger partial charge on any atom is -0.478 e. The molecule has 0 aromatic heterocycles. The van der Waals surface area contributed by atoms with Gasteiger partial charge in [0.25, 0.3) is 0 Å². The van der Waals surface area contributed by atoms with E-state index in [1.807, 2.05) is 0 Å². The van der Waals surface area contributed by atoms with E-state index in [0.717, 1.165) is 25.7 Å². The molecule has 2 rings (SSSR count). The van der Waals surface area contributed by atoms with Gasteiger partial charge in [-0.1, -0.05) is 103 Å². The van der Waals surface area contributed by atoms with Gasteiger partial charge in [-0.2, -0.15) is 0 Å². The van der Waals surface area contributed by atoms with Crippen LogP contribution in [-0.2, 0) is 9.47 Å². The lowest BCUT2D eigenvalue weighted by molar-refractivity contribution is 0.0488. The molecule has 0 aliphatic heterocycles. The number of hydrogen-bond donors (Lipinski definition) is 2. The smallest absolute Gasteiger partial charge is 0.338 e. The zero-order chi connectivity index (χ0) is 31.0. The summed E-state index contributed by atoms with van der Waals surface area (Å²) in [6.07, 6.45) is 16.3. The second-order valence-corrected chi connectivity index (χ2v) is 10.3. The fourth-order valence-corrected chi connectivity index (χ4v) is 4.17. The molecule has 2 N–H and O–H groups in total. The summed E-state index contributed by atoms with van der Waals surface area (Å²) in [6, 6.07) is 11.8. The summed E-state index contributed by atoms with van der Waals surface area (Å²) in [5, 5.41) is 17.7. The van der Waals surface area contributed by atoms with Crippen molar-refractivity contribution < 1.29 is 38.9 Å². The molecule has 0 bridgehead atoms. The monoisotopic (exact) mass is 584 g/mol. The number of ether oxygens (including phenoxy) is 2. The quantitative estimate of drug-likeness (QED) is 0.117. The van der Waals surface area contributed by atoms with E-state index in [-0.39, 0.29) is 16.7 Å². The first-order valence-electron chi connectivity index (χ1n) is 15.3. The first-order chi connectivity index (χ1) is 20.3. The second kappa shape index (κ2) is 22.9. The Balaban J connectivity index is 0.000000422. The SMILES string of the molecule is CCCCCCCCCCOC(=O)c1cccc(C(=O)O)c1.CCCCCCCCOC(=O)c1cccc(C(=O)O)c1. The molecule has 0 fully saturated rings. The summed E-state index contributed by atoms with van der Waals surface area (Å²) in [5.74, 6) is -3.00. The maximum absolute atomic E-state index is 11.8. The minimum absolute atomic E-state index is 0.0963. The Kier molecular flexibility index (Phi) is 19.9. The van der Waals surface area contributed by atoms with Gasteiger partial charge in [-0.3, -0.25) is 0 Å². The highest BCUT2D eigenvalue weighted by atomic mass is 16.5. The van der Waals surface area contributed by atoms with Crippen LogP contribution in [0.5, 0.6) is 0 Å². The van der Waals surface area contributed by atoms with Gasteiger partial charge < -0.3 is 19.7 Å². The topological polar surface area (TPSA) is 127 Å². The Labute approximate surface area is 250 Å². The van der Waals surface area contributed by atoms with Crippen molar-refractivity contribution in [2.45, 2.75) is 104 Å². The van der Waals surface area contributed by atoms with Crippen LogP contribution in [0.3, 0.4) is 0 Å². The van der Waals surface area contributed by atoms with Gasteiger partial charge in [0.2, 0.25) is 0 Å². The molecule has 42 heavy (non-hydrogen) atoms. The maximum Gasteiger partial charge on any atom is 0.338 e. The fourth-order valence-electron chi connectivity index (χ4n) is 4.17. The third-order valence-corrected chi connectivity index (χ3v) is 6.65. The van der Waals surface area contributed by atoms with Crippen molar-refractivity contribution in [3.63, 3.8) is 0 Å². The molecule has 2 aromatic carbocycles. The van der Waals surface area contributed by atoms with E-state index in [9.17, 15) is 19.2 Å². The number of carbonyl (C=O) groups excluding carboxylic acids is 2. The molecule has 232 valence electrons. The standard InChI is InChI=1S/C18H26O4.C16H22O4/c1-2-3-4-5-6-7-8-9-13-22-18(21)16-12-10-11-15(14-16)17(19)20;1-2-3-4-5-6-7-11-20-16(19)14-10-8-9-13(12-14)15(17)18/h10-12,14H,2-9,13H2,1H3,(H,19,20);8-10,12H,2-7,11H2,1H3,(H,17,18). The molecule has 0 spiro atoms. The second-order valence-electron chi connectivity index (χ2n) is 10.3. The molecule has 8 heteroatoms. The van der Waals surface area contributed by atoms with Crippen molar-refractivity contribution in [1.29, 1.82) is 0 Å². The van der Waals surface area contributed by atoms with Crippen molar-refractivity contribution in [2.75, 3.05) is 13.2 Å². The van der Waals surface area contributed by atoms with Gasteiger partial charge in [-0.25, -0.2) is 19.2 Å². The van der Waals surface area contributed by atoms with Gasteiger partial charge in [0.1, 0.15) is 0 Å². The molecule has 0 aliphatic rings. The Morgan fingerprint density at radius 3 is 1.14 bits per heavy atom. The zero-order valence-corrected chi connectivity index (χ0v) is 25.3. The molecule has 0 heterocycles. The predicted molar refractivity (Wildman–Crippen MR) is 163 cm³/mol. The Hall–Kier alpha value is -3.68. The highest BCUT2D eigenvalue weighted by molar-refractivity contribution is 5.95. The van der Waals surface area contributed by atoms with Crippen LogP contribution in [0.1, 0.15) is 145 Å². The van der Waals surface area contributed by atoms with E-state index in [1.54, 1.807) is 24.3 Å². The number of carbonyl (C=O) groups is 4. The van der Waals surface area contributed by atoms with Crippen LogP contribution >= 0.6 is 0 Å². The predicted octanol–water partition coefficient (Wildman–Crippen LogP) is 8.58. The van der Waals surface area contributed by atoms with E-state index in [0.29, 0.717) is 18.8 Å². The van der Waals surface area contributed by atoms with Crippen LogP contribution in [0.2, 0.25) is 0 Å². The number of carboxylic acids is 2. The molecule has 0 saturated heterocycles. The Morgan fingerprint density at radius 1 is 0.500 bits per heavy atom. The number of rotatable bonds is 20. The first-order valence-corrected chi connectivity index (χ1v) is 15.3. The third kappa shape index (κ3) is 16.6. The molecule has 0 unspecified atom stereocenters. The van der Waals surface area contributed by atoms with Gasteiger partial charge in [0, 0.05) is 0 Å². The zero-order valence-electron chi connectivity index (χ0n) is 25.3. The Morgan fingerprint density at radius 2 is 0.810 bits per heavy atom. The summed E-state index contributed by atoms with van der Waals surface area (Å²) in [6.45, 7) is 5.17. The van der Waals surface area contributed by atoms with E-state index in [2.05, 4.69) is 13.8 Å². The largest absolute Gasteiger partial charge is 0.478 e. The number of aromatic carboxylic acids is 2. The molecule has 8 nitrogen and oxygen atoms in total. The number of esters is 2. The summed E-state index contributed by atoms with van der Waals surface area (Å²) < 4.78 is 10.3. The lowest BCUT2D eigenvalue weighted by Crippen LogP contribution is -2.08. The molecular formula is C34H48O8. The number of hydrogen-bond acceptors (Lipinski definition) is 6. The van der Waals surface area contributed by atoms with Crippen LogP contribution < -0.4 is 0 Å². The number of unbranched alkanes of at least 4 members (excludes halogenated alkanes) is 12. The lowest BCUT2D eigenvalue weighted by atomic mass is 10.1.